The van der Waals surface area contributed by atoms with E-state index < -0.39 is 0 Å². The van der Waals surface area contributed by atoms with Crippen LogP contribution in [-0.4, -0.2) is 20.4 Å². The van der Waals surface area contributed by atoms with Crippen LogP contribution in [0.25, 0.3) is 0 Å². The minimum atomic E-state index is 0.0105. The van der Waals surface area contributed by atoms with E-state index in [4.69, 9.17) is 5.73 Å². The first-order valence-corrected chi connectivity index (χ1v) is 6.51. The largest absolute Gasteiger partial charge is 0.323 e. The van der Waals surface area contributed by atoms with Gasteiger partial charge in [-0.15, -0.1) is 0 Å². The molecule has 2 unspecified atom stereocenters. The normalized spacial score (nSPS) is 14.5. The van der Waals surface area contributed by atoms with Gasteiger partial charge in [0.25, 0.3) is 0 Å². The minimum absolute atomic E-state index is 0.0105. The molecule has 0 aliphatic heterocycles. The Morgan fingerprint density at radius 3 is 2.71 bits per heavy atom. The highest BCUT2D eigenvalue weighted by atomic mass is 32.2. The van der Waals surface area contributed by atoms with Gasteiger partial charge in [-0.05, 0) is 12.0 Å². The summed E-state index contributed by atoms with van der Waals surface area (Å²) in [6.45, 7) is 2.14. The molecule has 4 nitrogen and oxygen atoms in total. The SMILES string of the molecule is CCC(Sc1ncn[nH]1)C(N)c1ccccc1. The summed E-state index contributed by atoms with van der Waals surface area (Å²) in [6, 6.07) is 10.2. The second-order valence-corrected chi connectivity index (χ2v) is 5.02. The van der Waals surface area contributed by atoms with Gasteiger partial charge in [-0.2, -0.15) is 5.10 Å². The van der Waals surface area contributed by atoms with Crippen LogP contribution in [0.1, 0.15) is 24.9 Å². The van der Waals surface area contributed by atoms with E-state index in [1.165, 1.54) is 6.33 Å². The van der Waals surface area contributed by atoms with E-state index in [-0.39, 0.29) is 6.04 Å². The van der Waals surface area contributed by atoms with Crippen LogP contribution in [0.5, 0.6) is 0 Å². The van der Waals surface area contributed by atoms with Crippen molar-refractivity contribution in [1.29, 1.82) is 0 Å². The van der Waals surface area contributed by atoms with Crippen molar-refractivity contribution >= 4 is 11.8 Å². The Balaban J connectivity index is 2.08. The summed E-state index contributed by atoms with van der Waals surface area (Å²) in [5.74, 6) is 0. The van der Waals surface area contributed by atoms with Gasteiger partial charge in [0.15, 0.2) is 5.16 Å². The third kappa shape index (κ3) is 3.08. The van der Waals surface area contributed by atoms with Crippen LogP contribution in [0.3, 0.4) is 0 Å². The second-order valence-electron chi connectivity index (χ2n) is 3.79. The van der Waals surface area contributed by atoms with Gasteiger partial charge in [0.2, 0.25) is 0 Å². The van der Waals surface area contributed by atoms with Gasteiger partial charge in [0, 0.05) is 11.3 Å². The Morgan fingerprint density at radius 2 is 2.12 bits per heavy atom. The maximum atomic E-state index is 6.28. The van der Waals surface area contributed by atoms with Gasteiger partial charge in [0.05, 0.1) is 0 Å². The van der Waals surface area contributed by atoms with Crippen LogP contribution >= 0.6 is 11.8 Å². The van der Waals surface area contributed by atoms with Crippen molar-refractivity contribution in [1.82, 2.24) is 15.2 Å². The molecule has 1 aromatic heterocycles. The number of thioether (sulfide) groups is 1. The van der Waals surface area contributed by atoms with Crippen LogP contribution in [0.15, 0.2) is 41.8 Å². The Hall–Kier alpha value is -1.33. The molecule has 1 aromatic carbocycles. The van der Waals surface area contributed by atoms with E-state index in [1.54, 1.807) is 11.8 Å². The molecule has 0 radical (unpaired) electrons. The maximum Gasteiger partial charge on any atom is 0.183 e. The van der Waals surface area contributed by atoms with Crippen LogP contribution < -0.4 is 5.73 Å². The Labute approximate surface area is 105 Å². The summed E-state index contributed by atoms with van der Waals surface area (Å²) in [7, 11) is 0. The first kappa shape index (κ1) is 12.1. The minimum Gasteiger partial charge on any atom is -0.323 e. The molecule has 2 aromatic rings. The maximum absolute atomic E-state index is 6.28. The van der Waals surface area contributed by atoms with E-state index in [0.29, 0.717) is 5.25 Å². The molecule has 90 valence electrons. The molecule has 3 N–H and O–H groups in total. The number of hydrogen-bond acceptors (Lipinski definition) is 4. The monoisotopic (exact) mass is 248 g/mol. The number of H-pyrrole nitrogens is 1. The molecular formula is C12H16N4S. The molecule has 0 saturated heterocycles. The zero-order valence-electron chi connectivity index (χ0n) is 9.71. The van der Waals surface area contributed by atoms with Crippen LogP contribution in [0.2, 0.25) is 0 Å². The van der Waals surface area contributed by atoms with Gasteiger partial charge < -0.3 is 5.73 Å². The highest BCUT2D eigenvalue weighted by Gasteiger charge is 2.19. The summed E-state index contributed by atoms with van der Waals surface area (Å²) in [5.41, 5.74) is 7.44. The lowest BCUT2D eigenvalue weighted by atomic mass is 10.0. The van der Waals surface area contributed by atoms with E-state index in [0.717, 1.165) is 17.1 Å². The van der Waals surface area contributed by atoms with Gasteiger partial charge >= 0.3 is 0 Å². The van der Waals surface area contributed by atoms with Crippen molar-refractivity contribution in [3.8, 4) is 0 Å². The zero-order valence-corrected chi connectivity index (χ0v) is 10.5. The molecule has 0 fully saturated rings. The molecule has 0 bridgehead atoms. The van der Waals surface area contributed by atoms with Crippen molar-refractivity contribution in [3.63, 3.8) is 0 Å². The average molecular weight is 248 g/mol. The van der Waals surface area contributed by atoms with E-state index in [9.17, 15) is 0 Å². The number of nitrogens with one attached hydrogen (secondary N) is 1. The number of benzene rings is 1. The number of aromatic nitrogens is 3. The second kappa shape index (κ2) is 5.84. The molecule has 0 aliphatic carbocycles. The van der Waals surface area contributed by atoms with Gasteiger partial charge in [-0.1, -0.05) is 49.0 Å². The van der Waals surface area contributed by atoms with Gasteiger partial charge in [0.1, 0.15) is 6.33 Å². The van der Waals surface area contributed by atoms with E-state index >= 15 is 0 Å². The quantitative estimate of drug-likeness (QED) is 0.797. The lowest BCUT2D eigenvalue weighted by molar-refractivity contribution is 0.654. The van der Waals surface area contributed by atoms with Crippen LogP contribution in [0.4, 0.5) is 0 Å². The predicted molar refractivity (Wildman–Crippen MR) is 69.7 cm³/mol. The molecule has 2 rings (SSSR count). The van der Waals surface area contributed by atoms with Crippen molar-refractivity contribution in [2.75, 3.05) is 0 Å². The van der Waals surface area contributed by atoms with Crippen molar-refractivity contribution in [3.05, 3.63) is 42.2 Å². The highest BCUT2D eigenvalue weighted by Crippen LogP contribution is 2.30. The number of hydrogen-bond donors (Lipinski definition) is 2. The molecule has 0 aliphatic rings. The van der Waals surface area contributed by atoms with E-state index in [1.807, 2.05) is 18.2 Å². The Kier molecular flexibility index (Phi) is 4.17. The zero-order chi connectivity index (χ0) is 12.1. The van der Waals surface area contributed by atoms with Crippen LogP contribution in [0, 0.1) is 0 Å². The Bertz CT molecular complexity index is 429. The molecule has 0 amide bonds. The molecule has 2 atom stereocenters. The fourth-order valence-electron chi connectivity index (χ4n) is 1.69. The smallest absolute Gasteiger partial charge is 0.183 e. The summed E-state index contributed by atoms with van der Waals surface area (Å²) < 4.78 is 0. The third-order valence-electron chi connectivity index (χ3n) is 2.64. The number of nitrogens with two attached hydrogens (primary N) is 1. The topological polar surface area (TPSA) is 67.6 Å². The van der Waals surface area contributed by atoms with Gasteiger partial charge in [-0.25, -0.2) is 4.98 Å². The molecular weight excluding hydrogens is 232 g/mol. The standard InChI is InChI=1S/C12H16N4S/c1-2-10(17-12-14-8-15-16-12)11(13)9-6-4-3-5-7-9/h3-8,10-11H,2,13H2,1H3,(H,14,15,16). The molecule has 17 heavy (non-hydrogen) atoms. The predicted octanol–water partition coefficient (Wildman–Crippen LogP) is 2.38. The fraction of sp³-hybridized carbons (Fsp3) is 0.333. The molecule has 5 heteroatoms. The van der Waals surface area contributed by atoms with Crippen molar-refractivity contribution in [2.45, 2.75) is 29.8 Å². The lowest BCUT2D eigenvalue weighted by Gasteiger charge is -2.21. The van der Waals surface area contributed by atoms with Crippen molar-refractivity contribution in [2.24, 2.45) is 5.73 Å². The highest BCUT2D eigenvalue weighted by molar-refractivity contribution is 7.99. The number of rotatable bonds is 5. The average Bonchev–Trinajstić information content (AvgIpc) is 2.89. The Morgan fingerprint density at radius 1 is 1.35 bits per heavy atom. The first-order valence-electron chi connectivity index (χ1n) is 5.63. The molecule has 0 spiro atoms. The number of nitrogens with zero attached hydrogens (tertiary/aromatic N) is 2. The van der Waals surface area contributed by atoms with Crippen LogP contribution in [-0.2, 0) is 0 Å². The summed E-state index contributed by atoms with van der Waals surface area (Å²) in [5, 5.41) is 7.82. The summed E-state index contributed by atoms with van der Waals surface area (Å²) >= 11 is 1.64. The first-order chi connectivity index (χ1) is 8.31. The number of aromatic amines is 1. The lowest BCUT2D eigenvalue weighted by Crippen LogP contribution is -2.23. The molecule has 1 heterocycles. The fourth-order valence-corrected chi connectivity index (χ4v) is 2.67. The summed E-state index contributed by atoms with van der Waals surface area (Å²) in [4.78, 5) is 4.12. The molecule has 0 saturated carbocycles. The summed E-state index contributed by atoms with van der Waals surface area (Å²) in [6.07, 6.45) is 2.50. The van der Waals surface area contributed by atoms with Crippen molar-refractivity contribution < 1.29 is 0 Å². The third-order valence-corrected chi connectivity index (χ3v) is 3.99. The van der Waals surface area contributed by atoms with Gasteiger partial charge in [-0.3, -0.25) is 5.10 Å². The van der Waals surface area contributed by atoms with E-state index in [2.05, 4.69) is 34.2 Å².